The summed E-state index contributed by atoms with van der Waals surface area (Å²) < 4.78 is 0. The van der Waals surface area contributed by atoms with Crippen molar-refractivity contribution < 1.29 is 14.7 Å². The Morgan fingerprint density at radius 1 is 1.31 bits per heavy atom. The number of carboxylic acid groups (broad SMARTS) is 1. The number of hydrogen-bond acceptors (Lipinski definition) is 5. The van der Waals surface area contributed by atoms with E-state index >= 15 is 0 Å². The van der Waals surface area contributed by atoms with Gasteiger partial charge >= 0.3 is 5.97 Å². The Kier molecular flexibility index (Phi) is 7.18. The van der Waals surface area contributed by atoms with Crippen molar-refractivity contribution in [2.75, 3.05) is 11.1 Å². The number of aromatic nitrogens is 1. The average molecular weight is 369 g/mol. The highest BCUT2D eigenvalue weighted by Crippen LogP contribution is 2.22. The van der Waals surface area contributed by atoms with Crippen LogP contribution in [0.2, 0.25) is 0 Å². The normalized spacial score (nSPS) is 10.2. The molecular formula is C19H19N3O3S. The maximum atomic E-state index is 12.1. The third-order valence-corrected chi connectivity index (χ3v) is 4.50. The van der Waals surface area contributed by atoms with Gasteiger partial charge in [0.25, 0.3) is 0 Å². The molecule has 0 saturated heterocycles. The number of carbonyl (C=O) groups excluding carboxylic acids is 1. The summed E-state index contributed by atoms with van der Waals surface area (Å²) in [5.74, 6) is -0.788. The van der Waals surface area contributed by atoms with Gasteiger partial charge in [-0.1, -0.05) is 19.4 Å². The highest BCUT2D eigenvalue weighted by molar-refractivity contribution is 7.99. The van der Waals surface area contributed by atoms with Crippen LogP contribution in [0.5, 0.6) is 0 Å². The van der Waals surface area contributed by atoms with Gasteiger partial charge in [-0.05, 0) is 36.8 Å². The molecule has 26 heavy (non-hydrogen) atoms. The largest absolute Gasteiger partial charge is 0.478 e. The molecule has 0 aliphatic rings. The summed E-state index contributed by atoms with van der Waals surface area (Å²) in [7, 11) is 0. The Bertz CT molecular complexity index is 846. The van der Waals surface area contributed by atoms with Crippen LogP contribution >= 0.6 is 11.8 Å². The zero-order chi connectivity index (χ0) is 18.9. The number of amides is 1. The summed E-state index contributed by atoms with van der Waals surface area (Å²) in [6.45, 7) is 2.07. The molecule has 0 spiro atoms. The van der Waals surface area contributed by atoms with E-state index in [1.807, 2.05) is 6.07 Å². The maximum absolute atomic E-state index is 12.1. The molecule has 6 nitrogen and oxygen atoms in total. The minimum Gasteiger partial charge on any atom is -0.478 e. The van der Waals surface area contributed by atoms with Crippen molar-refractivity contribution in [1.29, 1.82) is 5.26 Å². The lowest BCUT2D eigenvalue weighted by atomic mass is 10.2. The van der Waals surface area contributed by atoms with E-state index in [0.717, 1.165) is 18.5 Å². The van der Waals surface area contributed by atoms with Gasteiger partial charge in [0, 0.05) is 23.6 Å². The number of nitrogens with zero attached hydrogens (tertiary/aromatic N) is 2. The molecule has 0 aliphatic carbocycles. The topological polar surface area (TPSA) is 103 Å². The fourth-order valence-corrected chi connectivity index (χ4v) is 3.19. The highest BCUT2D eigenvalue weighted by Gasteiger charge is 2.09. The summed E-state index contributed by atoms with van der Waals surface area (Å²) in [6, 6.07) is 11.8. The molecule has 0 aliphatic heterocycles. The van der Waals surface area contributed by atoms with Crippen molar-refractivity contribution in [2.45, 2.75) is 31.2 Å². The monoisotopic (exact) mass is 369 g/mol. The first-order valence-corrected chi connectivity index (χ1v) is 9.18. The van der Waals surface area contributed by atoms with Gasteiger partial charge in [0.15, 0.2) is 0 Å². The van der Waals surface area contributed by atoms with Gasteiger partial charge in [-0.3, -0.25) is 4.79 Å². The number of rotatable bonds is 8. The standard InChI is InChI=1S/C19H19N3O3S/c1-2-4-15-8-7-14(12-20)18(22-15)26-10-9-17(23)21-16-6-3-5-13(11-16)19(24)25/h3,5-8,11H,2,4,9-10H2,1H3,(H,21,23)(H,24,25). The number of thioether (sulfide) groups is 1. The van der Waals surface area contributed by atoms with Crippen LogP contribution in [0.4, 0.5) is 5.69 Å². The van der Waals surface area contributed by atoms with Crippen LogP contribution in [0.15, 0.2) is 41.4 Å². The Morgan fingerprint density at radius 2 is 2.12 bits per heavy atom. The maximum Gasteiger partial charge on any atom is 0.335 e. The molecule has 0 radical (unpaired) electrons. The second kappa shape index (κ2) is 9.59. The molecule has 7 heteroatoms. The molecular weight excluding hydrogens is 350 g/mol. The third-order valence-electron chi connectivity index (χ3n) is 3.51. The molecule has 0 fully saturated rings. The summed E-state index contributed by atoms with van der Waals surface area (Å²) in [6.07, 6.45) is 2.05. The first kappa shape index (κ1) is 19.5. The number of carboxylic acids is 1. The van der Waals surface area contributed by atoms with Gasteiger partial charge in [0.2, 0.25) is 5.91 Å². The number of nitriles is 1. The van der Waals surface area contributed by atoms with Crippen molar-refractivity contribution in [2.24, 2.45) is 0 Å². The number of benzene rings is 1. The molecule has 0 saturated carbocycles. The number of aryl methyl sites for hydroxylation is 1. The van der Waals surface area contributed by atoms with Crippen LogP contribution in [0, 0.1) is 11.3 Å². The average Bonchev–Trinajstić information content (AvgIpc) is 2.62. The van der Waals surface area contributed by atoms with Gasteiger partial charge in [-0.15, -0.1) is 11.8 Å². The van der Waals surface area contributed by atoms with Gasteiger partial charge in [0.1, 0.15) is 11.1 Å². The molecule has 2 N–H and O–H groups in total. The van der Waals surface area contributed by atoms with E-state index in [1.54, 1.807) is 18.2 Å². The molecule has 2 aromatic rings. The lowest BCUT2D eigenvalue weighted by molar-refractivity contribution is -0.115. The van der Waals surface area contributed by atoms with E-state index in [-0.39, 0.29) is 17.9 Å². The van der Waals surface area contributed by atoms with Gasteiger partial charge in [0.05, 0.1) is 11.1 Å². The number of pyridine rings is 1. The zero-order valence-electron chi connectivity index (χ0n) is 14.4. The van der Waals surface area contributed by atoms with E-state index < -0.39 is 5.97 Å². The number of anilines is 1. The number of hydrogen-bond donors (Lipinski definition) is 2. The molecule has 0 unspecified atom stereocenters. The van der Waals surface area contributed by atoms with Crippen LogP contribution in [0.3, 0.4) is 0 Å². The first-order valence-electron chi connectivity index (χ1n) is 8.19. The fourth-order valence-electron chi connectivity index (χ4n) is 2.26. The lowest BCUT2D eigenvalue weighted by Crippen LogP contribution is -2.12. The quantitative estimate of drug-likeness (QED) is 0.687. The zero-order valence-corrected chi connectivity index (χ0v) is 15.2. The van der Waals surface area contributed by atoms with Crippen molar-refractivity contribution in [3.63, 3.8) is 0 Å². The number of aromatic carboxylic acids is 1. The van der Waals surface area contributed by atoms with Crippen molar-refractivity contribution in [1.82, 2.24) is 4.98 Å². The van der Waals surface area contributed by atoms with Crippen LogP contribution in [-0.4, -0.2) is 27.7 Å². The Hall–Kier alpha value is -2.85. The minimum atomic E-state index is -1.04. The molecule has 1 amide bonds. The first-order chi connectivity index (χ1) is 12.5. The predicted octanol–water partition coefficient (Wildman–Crippen LogP) is 3.72. The highest BCUT2D eigenvalue weighted by atomic mass is 32.2. The summed E-state index contributed by atoms with van der Waals surface area (Å²) in [5, 5.41) is 21.5. The summed E-state index contributed by atoms with van der Waals surface area (Å²) in [5.41, 5.74) is 2.00. The van der Waals surface area contributed by atoms with Gasteiger partial charge in [-0.2, -0.15) is 5.26 Å². The second-order valence-corrected chi connectivity index (χ2v) is 6.63. The Morgan fingerprint density at radius 3 is 2.81 bits per heavy atom. The Labute approximate surface area is 156 Å². The predicted molar refractivity (Wildman–Crippen MR) is 100 cm³/mol. The molecule has 1 aromatic heterocycles. The van der Waals surface area contributed by atoms with Crippen molar-refractivity contribution in [3.8, 4) is 6.07 Å². The molecule has 0 bridgehead atoms. The molecule has 1 heterocycles. The van der Waals surface area contributed by atoms with Gasteiger partial charge in [-0.25, -0.2) is 9.78 Å². The summed E-state index contributed by atoms with van der Waals surface area (Å²) in [4.78, 5) is 27.5. The third kappa shape index (κ3) is 5.60. The van der Waals surface area contributed by atoms with E-state index in [4.69, 9.17) is 5.11 Å². The SMILES string of the molecule is CCCc1ccc(C#N)c(SCCC(=O)Nc2cccc(C(=O)O)c2)n1. The van der Waals surface area contributed by atoms with E-state index in [0.29, 0.717) is 22.0 Å². The van der Waals surface area contributed by atoms with Crippen LogP contribution in [0.1, 0.15) is 41.4 Å². The molecule has 1 aromatic carbocycles. The Balaban J connectivity index is 1.92. The van der Waals surface area contributed by atoms with Crippen LogP contribution in [0.25, 0.3) is 0 Å². The number of carbonyl (C=O) groups is 2. The van der Waals surface area contributed by atoms with Gasteiger partial charge < -0.3 is 10.4 Å². The molecule has 0 atom stereocenters. The van der Waals surface area contributed by atoms with Crippen molar-refractivity contribution >= 4 is 29.3 Å². The van der Waals surface area contributed by atoms with Crippen LogP contribution < -0.4 is 5.32 Å². The summed E-state index contributed by atoms with van der Waals surface area (Å²) >= 11 is 1.37. The minimum absolute atomic E-state index is 0.118. The van der Waals surface area contributed by atoms with E-state index in [9.17, 15) is 14.9 Å². The fraction of sp³-hybridized carbons (Fsp3) is 0.263. The number of nitrogens with one attached hydrogen (secondary N) is 1. The smallest absolute Gasteiger partial charge is 0.335 e. The molecule has 2 rings (SSSR count). The lowest BCUT2D eigenvalue weighted by Gasteiger charge is -2.07. The van der Waals surface area contributed by atoms with E-state index in [1.165, 1.54) is 23.9 Å². The molecule has 134 valence electrons. The second-order valence-electron chi connectivity index (χ2n) is 5.55. The van der Waals surface area contributed by atoms with E-state index in [2.05, 4.69) is 23.3 Å². The van der Waals surface area contributed by atoms with Crippen molar-refractivity contribution in [3.05, 3.63) is 53.2 Å². The van der Waals surface area contributed by atoms with Crippen LogP contribution in [-0.2, 0) is 11.2 Å².